The van der Waals surface area contributed by atoms with Crippen LogP contribution in [-0.2, 0) is 19.2 Å². The van der Waals surface area contributed by atoms with E-state index in [1.54, 1.807) is 12.3 Å². The van der Waals surface area contributed by atoms with E-state index in [1.165, 1.54) is 28.8 Å². The number of fused-ring (bicyclic) bond motifs is 4. The third kappa shape index (κ3) is 2.07. The van der Waals surface area contributed by atoms with Gasteiger partial charge in [-0.15, -0.1) is 18.3 Å². The average molecular weight is 334 g/mol. The standard InChI is InChI=1S/C16H18N2O4S/c1-4-9-22-18-13-10-17(15(18)20)16(23-3,14(19)21-2)12-8-6-5-7-11(12)13/h4-8,13H,1,9-10H2,2-3H3. The summed E-state index contributed by atoms with van der Waals surface area (Å²) < 4.78 is 5.03. The zero-order valence-electron chi connectivity index (χ0n) is 13.0. The maximum atomic E-state index is 12.8. The molecule has 2 atom stereocenters. The second kappa shape index (κ2) is 5.90. The van der Waals surface area contributed by atoms with Crippen LogP contribution in [0, 0.1) is 0 Å². The van der Waals surface area contributed by atoms with Crippen molar-refractivity contribution < 1.29 is 19.2 Å². The van der Waals surface area contributed by atoms with E-state index < -0.39 is 10.8 Å². The Kier molecular flexibility index (Phi) is 4.08. The van der Waals surface area contributed by atoms with Gasteiger partial charge in [0.2, 0.25) is 4.87 Å². The number of methoxy groups -OCH3 is 1. The predicted molar refractivity (Wildman–Crippen MR) is 86.5 cm³/mol. The highest BCUT2D eigenvalue weighted by Gasteiger charge is 2.60. The number of nitrogens with zero attached hydrogens (tertiary/aromatic N) is 2. The van der Waals surface area contributed by atoms with Gasteiger partial charge in [-0.2, -0.15) is 5.06 Å². The minimum absolute atomic E-state index is 0.225. The molecule has 2 heterocycles. The van der Waals surface area contributed by atoms with Crippen LogP contribution in [0.15, 0.2) is 36.9 Å². The third-order valence-corrected chi connectivity index (χ3v) is 5.41. The van der Waals surface area contributed by atoms with Crippen LogP contribution in [0.5, 0.6) is 0 Å². The molecule has 6 nitrogen and oxygen atoms in total. The quantitative estimate of drug-likeness (QED) is 0.611. The van der Waals surface area contributed by atoms with E-state index in [0.717, 1.165) is 11.1 Å². The van der Waals surface area contributed by atoms with E-state index in [9.17, 15) is 9.59 Å². The Balaban J connectivity index is 2.17. The first kappa shape index (κ1) is 15.9. The van der Waals surface area contributed by atoms with Gasteiger partial charge < -0.3 is 4.74 Å². The van der Waals surface area contributed by atoms with Crippen molar-refractivity contribution in [3.63, 3.8) is 0 Å². The summed E-state index contributed by atoms with van der Waals surface area (Å²) in [5.41, 5.74) is 1.67. The number of amides is 2. The van der Waals surface area contributed by atoms with Crippen molar-refractivity contribution >= 4 is 23.8 Å². The van der Waals surface area contributed by atoms with E-state index in [-0.39, 0.29) is 18.7 Å². The molecule has 2 bridgehead atoms. The second-order valence-corrected chi connectivity index (χ2v) is 6.25. The number of hydroxylamine groups is 2. The minimum atomic E-state index is -1.19. The van der Waals surface area contributed by atoms with Gasteiger partial charge in [-0.05, 0) is 11.8 Å². The molecule has 0 radical (unpaired) electrons. The summed E-state index contributed by atoms with van der Waals surface area (Å²) in [6.45, 7) is 4.21. The second-order valence-electron chi connectivity index (χ2n) is 5.25. The molecule has 2 unspecified atom stereocenters. The summed E-state index contributed by atoms with van der Waals surface area (Å²) in [7, 11) is 1.33. The molecule has 1 aromatic carbocycles. The highest BCUT2D eigenvalue weighted by molar-refractivity contribution is 8.00. The van der Waals surface area contributed by atoms with Crippen molar-refractivity contribution in [1.82, 2.24) is 9.96 Å². The molecule has 0 aromatic heterocycles. The van der Waals surface area contributed by atoms with Gasteiger partial charge in [0.25, 0.3) is 0 Å². The molecule has 2 amide bonds. The van der Waals surface area contributed by atoms with Crippen molar-refractivity contribution in [2.45, 2.75) is 10.9 Å². The summed E-state index contributed by atoms with van der Waals surface area (Å²) in [6, 6.07) is 6.96. The first-order chi connectivity index (χ1) is 11.1. The van der Waals surface area contributed by atoms with E-state index in [1.807, 2.05) is 24.3 Å². The summed E-state index contributed by atoms with van der Waals surface area (Å²) >= 11 is 1.29. The van der Waals surface area contributed by atoms with Crippen LogP contribution in [0.25, 0.3) is 0 Å². The Morgan fingerprint density at radius 3 is 2.91 bits per heavy atom. The monoisotopic (exact) mass is 334 g/mol. The molecule has 0 N–H and O–H groups in total. The number of ether oxygens (including phenoxy) is 1. The number of rotatable bonds is 5. The lowest BCUT2D eigenvalue weighted by Crippen LogP contribution is -2.53. The summed E-state index contributed by atoms with van der Waals surface area (Å²) in [6.07, 6.45) is 3.38. The molecule has 0 spiro atoms. The van der Waals surface area contributed by atoms with Gasteiger partial charge in [0, 0.05) is 5.56 Å². The van der Waals surface area contributed by atoms with E-state index in [0.29, 0.717) is 6.54 Å². The van der Waals surface area contributed by atoms with E-state index in [4.69, 9.17) is 9.57 Å². The maximum Gasteiger partial charge on any atom is 0.347 e. The summed E-state index contributed by atoms with van der Waals surface area (Å²) in [4.78, 5) is 31.3. The maximum absolute atomic E-state index is 12.8. The number of carbonyl (C=O) groups is 2. The molecule has 0 aliphatic carbocycles. The van der Waals surface area contributed by atoms with Crippen molar-refractivity contribution in [3.05, 3.63) is 48.0 Å². The molecule has 2 aliphatic rings. The Labute approximate surface area is 139 Å². The Hall–Kier alpha value is -1.99. The molecular weight excluding hydrogens is 316 g/mol. The van der Waals surface area contributed by atoms with Crippen LogP contribution in [0.4, 0.5) is 4.79 Å². The lowest BCUT2D eigenvalue weighted by atomic mass is 9.90. The Bertz CT molecular complexity index is 665. The number of benzene rings is 1. The van der Waals surface area contributed by atoms with Crippen molar-refractivity contribution in [1.29, 1.82) is 0 Å². The molecule has 3 rings (SSSR count). The minimum Gasteiger partial charge on any atom is -0.466 e. The van der Waals surface area contributed by atoms with Crippen LogP contribution in [0.1, 0.15) is 17.2 Å². The lowest BCUT2D eigenvalue weighted by Gasteiger charge is -2.40. The Morgan fingerprint density at radius 2 is 2.26 bits per heavy atom. The molecule has 7 heteroatoms. The first-order valence-corrected chi connectivity index (χ1v) is 8.42. The van der Waals surface area contributed by atoms with E-state index in [2.05, 4.69) is 6.58 Å². The van der Waals surface area contributed by atoms with Crippen LogP contribution < -0.4 is 0 Å². The SMILES string of the molecule is C=CCON1C(=O)N2CC1c1ccccc1C2(SC)C(=O)OC. The molecule has 1 fully saturated rings. The van der Waals surface area contributed by atoms with E-state index >= 15 is 0 Å². The van der Waals surface area contributed by atoms with Gasteiger partial charge in [-0.25, -0.2) is 9.59 Å². The molecule has 1 saturated heterocycles. The third-order valence-electron chi connectivity index (χ3n) is 4.21. The molecule has 0 saturated carbocycles. The smallest absolute Gasteiger partial charge is 0.347 e. The number of carbonyl (C=O) groups excluding carboxylic acids is 2. The van der Waals surface area contributed by atoms with Crippen molar-refractivity contribution in [2.24, 2.45) is 0 Å². The molecule has 1 aromatic rings. The van der Waals surface area contributed by atoms with Gasteiger partial charge in [0.05, 0.1) is 20.3 Å². The van der Waals surface area contributed by atoms with Gasteiger partial charge in [-0.1, -0.05) is 30.3 Å². The highest BCUT2D eigenvalue weighted by Crippen LogP contribution is 2.52. The van der Waals surface area contributed by atoms with Crippen LogP contribution in [-0.4, -0.2) is 48.5 Å². The molecular formula is C16H18N2O4S. The van der Waals surface area contributed by atoms with Crippen LogP contribution in [0.2, 0.25) is 0 Å². The molecule has 2 aliphatic heterocycles. The number of urea groups is 1. The Morgan fingerprint density at radius 1 is 1.52 bits per heavy atom. The fourth-order valence-corrected chi connectivity index (χ4v) is 4.28. The normalized spacial score (nSPS) is 25.3. The zero-order chi connectivity index (χ0) is 16.6. The largest absolute Gasteiger partial charge is 0.466 e. The van der Waals surface area contributed by atoms with Crippen molar-refractivity contribution in [2.75, 3.05) is 26.5 Å². The highest BCUT2D eigenvalue weighted by atomic mass is 32.2. The average Bonchev–Trinajstić information content (AvgIpc) is 2.88. The fraction of sp³-hybridized carbons (Fsp3) is 0.375. The molecule has 122 valence electrons. The van der Waals surface area contributed by atoms with Crippen molar-refractivity contribution in [3.8, 4) is 0 Å². The van der Waals surface area contributed by atoms with Crippen LogP contribution >= 0.6 is 11.8 Å². The van der Waals surface area contributed by atoms with Gasteiger partial charge in [0.15, 0.2) is 0 Å². The fourth-order valence-electron chi connectivity index (χ4n) is 3.25. The number of esters is 1. The lowest BCUT2D eigenvalue weighted by molar-refractivity contribution is -0.148. The number of hydrogen-bond acceptors (Lipinski definition) is 5. The first-order valence-electron chi connectivity index (χ1n) is 7.19. The summed E-state index contributed by atoms with van der Waals surface area (Å²) in [5, 5.41) is 1.33. The van der Waals surface area contributed by atoms with Gasteiger partial charge in [0.1, 0.15) is 6.04 Å². The van der Waals surface area contributed by atoms with Crippen LogP contribution in [0.3, 0.4) is 0 Å². The topological polar surface area (TPSA) is 59.1 Å². The predicted octanol–water partition coefficient (Wildman–Crippen LogP) is 2.29. The number of thioether (sulfide) groups is 1. The number of hydrogen-bond donors (Lipinski definition) is 0. The van der Waals surface area contributed by atoms with Gasteiger partial charge in [-0.3, -0.25) is 9.74 Å². The molecule has 23 heavy (non-hydrogen) atoms. The zero-order valence-corrected chi connectivity index (χ0v) is 13.8. The summed E-state index contributed by atoms with van der Waals surface area (Å²) in [5.74, 6) is -0.463. The van der Waals surface area contributed by atoms with Gasteiger partial charge >= 0.3 is 12.0 Å².